The lowest BCUT2D eigenvalue weighted by Gasteiger charge is -2.18. The number of carboxylic acid groups (broad SMARTS) is 1. The van der Waals surface area contributed by atoms with Crippen LogP contribution in [0.3, 0.4) is 0 Å². The molecule has 88 valence electrons. The summed E-state index contributed by atoms with van der Waals surface area (Å²) < 4.78 is 5.62. The first-order chi connectivity index (χ1) is 7.41. The van der Waals surface area contributed by atoms with Crippen molar-refractivity contribution >= 4 is 17.6 Å². The smallest absolute Gasteiger partial charge is 0.335 e. The molecule has 1 N–H and O–H groups in total. The summed E-state index contributed by atoms with van der Waals surface area (Å²) in [6.45, 7) is 6.04. The first-order valence-electron chi connectivity index (χ1n) is 5.11. The van der Waals surface area contributed by atoms with Gasteiger partial charge < -0.3 is 9.84 Å². The Labute approximate surface area is 100.0 Å². The van der Waals surface area contributed by atoms with Gasteiger partial charge >= 0.3 is 5.97 Å². The molecule has 0 bridgehead atoms. The monoisotopic (exact) mass is 242 g/mol. The van der Waals surface area contributed by atoms with Crippen molar-refractivity contribution in [1.82, 2.24) is 0 Å². The van der Waals surface area contributed by atoms with Crippen LogP contribution in [0.25, 0.3) is 0 Å². The van der Waals surface area contributed by atoms with Crippen molar-refractivity contribution < 1.29 is 14.6 Å². The van der Waals surface area contributed by atoms with Gasteiger partial charge in [-0.1, -0.05) is 25.4 Å². The summed E-state index contributed by atoms with van der Waals surface area (Å²) in [5.74, 6) is -0.103. The van der Waals surface area contributed by atoms with Gasteiger partial charge in [0.25, 0.3) is 0 Å². The Morgan fingerprint density at radius 1 is 1.38 bits per heavy atom. The van der Waals surface area contributed by atoms with Gasteiger partial charge in [-0.15, -0.1) is 0 Å². The van der Waals surface area contributed by atoms with Crippen LogP contribution < -0.4 is 4.74 Å². The number of aromatic carboxylic acids is 1. The molecule has 0 aliphatic heterocycles. The SMILES string of the molecule is CC(C)C(C)Oc1ccc(C(=O)O)cc1Cl. The van der Waals surface area contributed by atoms with Crippen molar-refractivity contribution in [1.29, 1.82) is 0 Å². The second-order valence-electron chi connectivity index (χ2n) is 4.02. The van der Waals surface area contributed by atoms with Gasteiger partial charge in [0, 0.05) is 0 Å². The third-order valence-electron chi connectivity index (χ3n) is 2.43. The summed E-state index contributed by atoms with van der Waals surface area (Å²) in [7, 11) is 0. The number of hydrogen-bond donors (Lipinski definition) is 1. The van der Waals surface area contributed by atoms with Crippen LogP contribution in [0.2, 0.25) is 5.02 Å². The molecule has 1 rings (SSSR count). The van der Waals surface area contributed by atoms with Crippen molar-refractivity contribution in [2.75, 3.05) is 0 Å². The number of rotatable bonds is 4. The van der Waals surface area contributed by atoms with Gasteiger partial charge in [-0.25, -0.2) is 4.79 Å². The highest BCUT2D eigenvalue weighted by molar-refractivity contribution is 6.32. The fourth-order valence-electron chi connectivity index (χ4n) is 1.07. The Balaban J connectivity index is 2.87. The minimum Gasteiger partial charge on any atom is -0.489 e. The molecule has 3 nitrogen and oxygen atoms in total. The largest absolute Gasteiger partial charge is 0.489 e. The maximum absolute atomic E-state index is 10.7. The molecule has 16 heavy (non-hydrogen) atoms. The number of benzene rings is 1. The first-order valence-corrected chi connectivity index (χ1v) is 5.49. The Morgan fingerprint density at radius 3 is 2.44 bits per heavy atom. The average molecular weight is 243 g/mol. The molecule has 0 saturated heterocycles. The van der Waals surface area contributed by atoms with Crippen molar-refractivity contribution in [3.63, 3.8) is 0 Å². The van der Waals surface area contributed by atoms with E-state index < -0.39 is 5.97 Å². The lowest BCUT2D eigenvalue weighted by Crippen LogP contribution is -2.18. The minimum absolute atomic E-state index is 0.0354. The highest BCUT2D eigenvalue weighted by Crippen LogP contribution is 2.27. The Bertz CT molecular complexity index is 388. The van der Waals surface area contributed by atoms with Crippen LogP contribution in [0.5, 0.6) is 5.75 Å². The standard InChI is InChI=1S/C12H15ClO3/c1-7(2)8(3)16-11-5-4-9(12(14)15)6-10(11)13/h4-8H,1-3H3,(H,14,15). The number of ether oxygens (including phenoxy) is 1. The predicted molar refractivity (Wildman–Crippen MR) is 63.3 cm³/mol. The molecule has 0 saturated carbocycles. The number of carboxylic acids is 1. The van der Waals surface area contributed by atoms with E-state index in [1.54, 1.807) is 6.07 Å². The molecule has 1 aromatic rings. The molecule has 0 radical (unpaired) electrons. The van der Waals surface area contributed by atoms with Crippen molar-refractivity contribution in [2.45, 2.75) is 26.9 Å². The normalized spacial score (nSPS) is 12.6. The number of carbonyl (C=O) groups is 1. The molecular formula is C12H15ClO3. The second kappa shape index (κ2) is 5.21. The van der Waals surface area contributed by atoms with E-state index in [1.807, 2.05) is 20.8 Å². The average Bonchev–Trinajstić information content (AvgIpc) is 2.20. The van der Waals surface area contributed by atoms with Crippen LogP contribution in [0, 0.1) is 5.92 Å². The van der Waals surface area contributed by atoms with Gasteiger partial charge in [0.2, 0.25) is 0 Å². The fourth-order valence-corrected chi connectivity index (χ4v) is 1.29. The van der Waals surface area contributed by atoms with E-state index in [2.05, 4.69) is 0 Å². The van der Waals surface area contributed by atoms with Crippen LogP contribution in [-0.4, -0.2) is 17.2 Å². The zero-order valence-corrected chi connectivity index (χ0v) is 10.3. The zero-order valence-electron chi connectivity index (χ0n) is 9.53. The Morgan fingerprint density at radius 2 is 2.00 bits per heavy atom. The maximum atomic E-state index is 10.7. The molecule has 4 heteroatoms. The van der Waals surface area contributed by atoms with Crippen molar-refractivity contribution in [2.24, 2.45) is 5.92 Å². The maximum Gasteiger partial charge on any atom is 0.335 e. The van der Waals surface area contributed by atoms with Gasteiger partial charge in [-0.05, 0) is 31.0 Å². The van der Waals surface area contributed by atoms with Crippen LogP contribution in [-0.2, 0) is 0 Å². The lowest BCUT2D eigenvalue weighted by atomic mass is 10.1. The van der Waals surface area contributed by atoms with Crippen molar-refractivity contribution in [3.8, 4) is 5.75 Å². The highest BCUT2D eigenvalue weighted by Gasteiger charge is 2.12. The molecular weight excluding hydrogens is 228 g/mol. The van der Waals surface area contributed by atoms with E-state index in [0.29, 0.717) is 16.7 Å². The summed E-state index contributed by atoms with van der Waals surface area (Å²) in [4.78, 5) is 10.7. The van der Waals surface area contributed by atoms with E-state index in [1.165, 1.54) is 12.1 Å². The van der Waals surface area contributed by atoms with E-state index >= 15 is 0 Å². The van der Waals surface area contributed by atoms with Gasteiger partial charge in [-0.2, -0.15) is 0 Å². The van der Waals surface area contributed by atoms with Gasteiger partial charge in [0.05, 0.1) is 16.7 Å². The predicted octanol–water partition coefficient (Wildman–Crippen LogP) is 3.46. The summed E-state index contributed by atoms with van der Waals surface area (Å²) >= 11 is 5.93. The molecule has 1 unspecified atom stereocenters. The van der Waals surface area contributed by atoms with Gasteiger partial charge in [0.15, 0.2) is 0 Å². The molecule has 1 aromatic carbocycles. The molecule has 0 spiro atoms. The summed E-state index contributed by atoms with van der Waals surface area (Å²) in [5.41, 5.74) is 0.162. The lowest BCUT2D eigenvalue weighted by molar-refractivity contribution is 0.0697. The minimum atomic E-state index is -0.995. The second-order valence-corrected chi connectivity index (χ2v) is 4.42. The molecule has 0 aliphatic rings. The Kier molecular flexibility index (Phi) is 4.19. The molecule has 0 aliphatic carbocycles. The van der Waals surface area contributed by atoms with Gasteiger partial charge in [-0.3, -0.25) is 0 Å². The molecule has 0 amide bonds. The molecule has 1 atom stereocenters. The quantitative estimate of drug-likeness (QED) is 0.880. The number of hydrogen-bond acceptors (Lipinski definition) is 2. The first kappa shape index (κ1) is 12.8. The van der Waals surface area contributed by atoms with E-state index in [4.69, 9.17) is 21.4 Å². The zero-order chi connectivity index (χ0) is 12.3. The van der Waals surface area contributed by atoms with E-state index in [0.717, 1.165) is 0 Å². The number of halogens is 1. The topological polar surface area (TPSA) is 46.5 Å². The van der Waals surface area contributed by atoms with Gasteiger partial charge in [0.1, 0.15) is 5.75 Å². The third kappa shape index (κ3) is 3.14. The van der Waals surface area contributed by atoms with Crippen LogP contribution in [0.15, 0.2) is 18.2 Å². The Hall–Kier alpha value is -1.22. The van der Waals surface area contributed by atoms with E-state index in [9.17, 15) is 4.79 Å². The van der Waals surface area contributed by atoms with E-state index in [-0.39, 0.29) is 11.7 Å². The highest BCUT2D eigenvalue weighted by atomic mass is 35.5. The summed E-state index contributed by atoms with van der Waals surface area (Å²) in [6.07, 6.45) is 0.0354. The molecule has 0 fully saturated rings. The van der Waals surface area contributed by atoms with Crippen LogP contribution in [0.4, 0.5) is 0 Å². The summed E-state index contributed by atoms with van der Waals surface area (Å²) in [5, 5.41) is 9.10. The molecule has 0 aromatic heterocycles. The van der Waals surface area contributed by atoms with Crippen molar-refractivity contribution in [3.05, 3.63) is 28.8 Å². The summed E-state index contributed by atoms with van der Waals surface area (Å²) in [6, 6.07) is 4.47. The van der Waals surface area contributed by atoms with Crippen LogP contribution in [0.1, 0.15) is 31.1 Å². The van der Waals surface area contributed by atoms with Crippen LogP contribution >= 0.6 is 11.6 Å². The fraction of sp³-hybridized carbons (Fsp3) is 0.417. The third-order valence-corrected chi connectivity index (χ3v) is 2.73. The molecule has 0 heterocycles.